The van der Waals surface area contributed by atoms with Crippen molar-refractivity contribution in [3.63, 3.8) is 0 Å². The van der Waals surface area contributed by atoms with E-state index in [1.165, 1.54) is 0 Å². The summed E-state index contributed by atoms with van der Waals surface area (Å²) in [6.07, 6.45) is 3.41. The maximum Gasteiger partial charge on any atom is 0.193 e. The molecule has 0 aliphatic carbocycles. The average molecular weight is 195 g/mol. The number of thiocarbonyl (C=S) groups is 1. The number of ether oxygens (including phenoxy) is 1. The van der Waals surface area contributed by atoms with Crippen LogP contribution >= 0.6 is 12.2 Å². The largest absolute Gasteiger partial charge is 0.477 e. The Morgan fingerprint density at radius 2 is 2.15 bits per heavy atom. The summed E-state index contributed by atoms with van der Waals surface area (Å²) in [4.78, 5) is 3.97. The van der Waals surface area contributed by atoms with Gasteiger partial charge >= 0.3 is 0 Å². The van der Waals surface area contributed by atoms with E-state index < -0.39 is 0 Å². The normalized spacial score (nSPS) is 11.0. The maximum absolute atomic E-state index is 5.52. The van der Waals surface area contributed by atoms with Gasteiger partial charge in [0.15, 0.2) is 5.05 Å². The summed E-state index contributed by atoms with van der Waals surface area (Å²) in [5, 5.41) is 0.501. The summed E-state index contributed by atoms with van der Waals surface area (Å²) in [6.45, 7) is 5.90. The molecule has 1 aromatic rings. The van der Waals surface area contributed by atoms with Gasteiger partial charge < -0.3 is 4.74 Å². The third-order valence-corrected chi connectivity index (χ3v) is 1.62. The van der Waals surface area contributed by atoms with Crippen molar-refractivity contribution in [1.29, 1.82) is 0 Å². The quantitative estimate of drug-likeness (QED) is 0.643. The van der Waals surface area contributed by atoms with E-state index in [1.807, 2.05) is 32.9 Å². The van der Waals surface area contributed by atoms with Gasteiger partial charge in [-0.3, -0.25) is 4.98 Å². The van der Waals surface area contributed by atoms with Crippen molar-refractivity contribution in [2.24, 2.45) is 0 Å². The van der Waals surface area contributed by atoms with Gasteiger partial charge in [-0.25, -0.2) is 0 Å². The summed E-state index contributed by atoms with van der Waals surface area (Å²) in [5.74, 6) is 0. The lowest BCUT2D eigenvalue weighted by atomic mass is 10.2. The van der Waals surface area contributed by atoms with E-state index >= 15 is 0 Å². The first-order valence-electron chi connectivity index (χ1n) is 4.12. The summed E-state index contributed by atoms with van der Waals surface area (Å²) in [7, 11) is 0. The fourth-order valence-electron chi connectivity index (χ4n) is 0.821. The highest BCUT2D eigenvalue weighted by molar-refractivity contribution is 7.80. The number of hydrogen-bond acceptors (Lipinski definition) is 3. The summed E-state index contributed by atoms with van der Waals surface area (Å²) in [6, 6.07) is 3.73. The fourth-order valence-corrected chi connectivity index (χ4v) is 1.19. The van der Waals surface area contributed by atoms with Crippen LogP contribution in [-0.2, 0) is 4.74 Å². The lowest BCUT2D eigenvalue weighted by Gasteiger charge is -2.21. The molecule has 1 rings (SSSR count). The molecule has 0 bridgehead atoms. The maximum atomic E-state index is 5.52. The molecule has 0 unspecified atom stereocenters. The number of pyridine rings is 1. The monoisotopic (exact) mass is 195 g/mol. The van der Waals surface area contributed by atoms with Crippen molar-refractivity contribution >= 4 is 17.3 Å². The highest BCUT2D eigenvalue weighted by atomic mass is 32.1. The van der Waals surface area contributed by atoms with Gasteiger partial charge in [0.2, 0.25) is 0 Å². The molecule has 1 heterocycles. The molecule has 0 saturated heterocycles. The Labute approximate surface area is 83.9 Å². The van der Waals surface area contributed by atoms with Gasteiger partial charge in [0.05, 0.1) is 0 Å². The van der Waals surface area contributed by atoms with Gasteiger partial charge in [0.1, 0.15) is 5.60 Å². The molecule has 0 N–H and O–H groups in total. The number of rotatable bonds is 1. The van der Waals surface area contributed by atoms with Crippen molar-refractivity contribution in [2.75, 3.05) is 0 Å². The molecule has 0 aliphatic rings. The van der Waals surface area contributed by atoms with Crippen molar-refractivity contribution in [3.8, 4) is 0 Å². The van der Waals surface area contributed by atoms with Gasteiger partial charge in [-0.2, -0.15) is 0 Å². The zero-order valence-electron chi connectivity index (χ0n) is 8.07. The smallest absolute Gasteiger partial charge is 0.193 e. The van der Waals surface area contributed by atoms with Crippen LogP contribution in [0.1, 0.15) is 26.3 Å². The van der Waals surface area contributed by atoms with Crippen molar-refractivity contribution in [1.82, 2.24) is 4.98 Å². The van der Waals surface area contributed by atoms with Gasteiger partial charge in [0.25, 0.3) is 0 Å². The van der Waals surface area contributed by atoms with Gasteiger partial charge in [-0.15, -0.1) is 0 Å². The molecule has 0 atom stereocenters. The topological polar surface area (TPSA) is 22.1 Å². The predicted molar refractivity (Wildman–Crippen MR) is 56.8 cm³/mol. The van der Waals surface area contributed by atoms with Gasteiger partial charge in [-0.1, -0.05) is 0 Å². The highest BCUT2D eigenvalue weighted by Crippen LogP contribution is 2.11. The molecule has 0 aromatic carbocycles. The Hall–Kier alpha value is -0.960. The Morgan fingerprint density at radius 1 is 1.46 bits per heavy atom. The standard InChI is InChI=1S/C10H13NOS/c1-10(2,3)12-9(13)8-5-4-6-11-7-8/h4-7H,1-3H3. The zero-order valence-corrected chi connectivity index (χ0v) is 8.89. The molecular formula is C10H13NOS. The third kappa shape index (κ3) is 3.51. The zero-order chi connectivity index (χ0) is 9.90. The predicted octanol–water partition coefficient (Wildman–Crippen LogP) is 2.57. The lowest BCUT2D eigenvalue weighted by Crippen LogP contribution is -2.23. The molecule has 0 fully saturated rings. The molecular weight excluding hydrogens is 182 g/mol. The van der Waals surface area contributed by atoms with Crippen LogP contribution in [0, 0.1) is 0 Å². The van der Waals surface area contributed by atoms with Crippen LogP contribution in [0.15, 0.2) is 24.5 Å². The van der Waals surface area contributed by atoms with E-state index in [1.54, 1.807) is 12.4 Å². The van der Waals surface area contributed by atoms with Crippen LogP contribution in [0.25, 0.3) is 0 Å². The summed E-state index contributed by atoms with van der Waals surface area (Å²) >= 11 is 5.11. The minimum absolute atomic E-state index is 0.243. The SMILES string of the molecule is CC(C)(C)OC(=S)c1cccnc1. The van der Waals surface area contributed by atoms with E-state index in [0.717, 1.165) is 5.56 Å². The summed E-state index contributed by atoms with van der Waals surface area (Å²) < 4.78 is 5.52. The molecule has 3 heteroatoms. The van der Waals surface area contributed by atoms with E-state index in [-0.39, 0.29) is 5.60 Å². The van der Waals surface area contributed by atoms with E-state index in [0.29, 0.717) is 5.05 Å². The number of nitrogens with zero attached hydrogens (tertiary/aromatic N) is 1. The first-order chi connectivity index (χ1) is 5.99. The molecule has 0 radical (unpaired) electrons. The van der Waals surface area contributed by atoms with Crippen molar-refractivity contribution < 1.29 is 4.74 Å². The lowest BCUT2D eigenvalue weighted by molar-refractivity contribution is 0.122. The number of hydrogen-bond donors (Lipinski definition) is 0. The van der Waals surface area contributed by atoms with Crippen molar-refractivity contribution in [2.45, 2.75) is 26.4 Å². The van der Waals surface area contributed by atoms with Crippen LogP contribution in [0.5, 0.6) is 0 Å². The third-order valence-electron chi connectivity index (χ3n) is 1.30. The Bertz CT molecular complexity index is 290. The van der Waals surface area contributed by atoms with E-state index in [2.05, 4.69) is 4.98 Å². The summed E-state index contributed by atoms with van der Waals surface area (Å²) in [5.41, 5.74) is 0.611. The second-order valence-electron chi connectivity index (χ2n) is 3.74. The van der Waals surface area contributed by atoms with Crippen LogP contribution in [0.3, 0.4) is 0 Å². The molecule has 0 amide bonds. The first-order valence-corrected chi connectivity index (χ1v) is 4.53. The Morgan fingerprint density at radius 3 is 2.62 bits per heavy atom. The van der Waals surface area contributed by atoms with Crippen LogP contribution in [0.4, 0.5) is 0 Å². The van der Waals surface area contributed by atoms with Crippen molar-refractivity contribution in [3.05, 3.63) is 30.1 Å². The first kappa shape index (κ1) is 10.1. The number of aromatic nitrogens is 1. The van der Waals surface area contributed by atoms with E-state index in [9.17, 15) is 0 Å². The molecule has 0 saturated carbocycles. The average Bonchev–Trinajstić information content (AvgIpc) is 2.03. The molecule has 0 spiro atoms. The van der Waals surface area contributed by atoms with Crippen LogP contribution < -0.4 is 0 Å². The Kier molecular flexibility index (Phi) is 2.98. The molecule has 13 heavy (non-hydrogen) atoms. The minimum Gasteiger partial charge on any atom is -0.477 e. The fraction of sp³-hybridized carbons (Fsp3) is 0.400. The molecule has 0 aliphatic heterocycles. The van der Waals surface area contributed by atoms with Gasteiger partial charge in [-0.05, 0) is 45.1 Å². The second kappa shape index (κ2) is 3.83. The molecule has 70 valence electrons. The van der Waals surface area contributed by atoms with Gasteiger partial charge in [0, 0.05) is 18.0 Å². The van der Waals surface area contributed by atoms with Crippen LogP contribution in [-0.4, -0.2) is 15.6 Å². The van der Waals surface area contributed by atoms with Crippen LogP contribution in [0.2, 0.25) is 0 Å². The second-order valence-corrected chi connectivity index (χ2v) is 4.11. The molecule has 1 aromatic heterocycles. The molecule has 2 nitrogen and oxygen atoms in total. The Balaban J connectivity index is 2.71. The minimum atomic E-state index is -0.243. The van der Waals surface area contributed by atoms with E-state index in [4.69, 9.17) is 17.0 Å². The highest BCUT2D eigenvalue weighted by Gasteiger charge is 2.14.